The quantitative estimate of drug-likeness (QED) is 0.409. The molecule has 1 amide bonds. The minimum atomic E-state index is -0.654. The highest BCUT2D eigenvalue weighted by molar-refractivity contribution is 6.46. The van der Waals surface area contributed by atoms with Gasteiger partial charge in [0.1, 0.15) is 11.5 Å². The standard InChI is InChI=1S/C25H28N2O5/c1-31-20-10-8-19(9-11-20)23(28)21-22(18-6-3-2-4-7-18)27(25(30)24(21)29)13-5-12-26-14-16-32-17-15-26/h2-4,6-11,22,28H,5,12-17H2,1H3/t22-/m0/s1. The molecule has 7 heteroatoms. The van der Waals surface area contributed by atoms with Crippen LogP contribution in [0.2, 0.25) is 0 Å². The molecule has 0 aromatic heterocycles. The molecule has 2 heterocycles. The van der Waals surface area contributed by atoms with E-state index in [1.54, 1.807) is 36.3 Å². The average molecular weight is 437 g/mol. The molecule has 1 atom stereocenters. The number of nitrogens with zero attached hydrogens (tertiary/aromatic N) is 2. The summed E-state index contributed by atoms with van der Waals surface area (Å²) in [7, 11) is 1.56. The molecule has 168 valence electrons. The van der Waals surface area contributed by atoms with Crippen molar-refractivity contribution < 1.29 is 24.2 Å². The summed E-state index contributed by atoms with van der Waals surface area (Å²) in [6, 6.07) is 15.6. The van der Waals surface area contributed by atoms with Crippen molar-refractivity contribution in [2.75, 3.05) is 46.5 Å². The number of ether oxygens (including phenoxy) is 2. The van der Waals surface area contributed by atoms with Crippen molar-refractivity contribution in [3.05, 3.63) is 71.3 Å². The van der Waals surface area contributed by atoms with Gasteiger partial charge in [-0.15, -0.1) is 0 Å². The number of carbonyl (C=O) groups is 2. The van der Waals surface area contributed by atoms with E-state index in [1.807, 2.05) is 30.3 Å². The molecular weight excluding hydrogens is 408 g/mol. The van der Waals surface area contributed by atoms with Crippen molar-refractivity contribution in [3.63, 3.8) is 0 Å². The number of ketones is 1. The van der Waals surface area contributed by atoms with Gasteiger partial charge in [0.15, 0.2) is 0 Å². The SMILES string of the molecule is COc1ccc(C(O)=C2C(=O)C(=O)N(CCCN3CCOCC3)[C@H]2c2ccccc2)cc1. The van der Waals surface area contributed by atoms with Gasteiger partial charge in [-0.3, -0.25) is 14.5 Å². The van der Waals surface area contributed by atoms with Gasteiger partial charge < -0.3 is 19.5 Å². The summed E-state index contributed by atoms with van der Waals surface area (Å²) in [5.74, 6) is -0.755. The van der Waals surface area contributed by atoms with E-state index in [0.717, 1.165) is 44.8 Å². The highest BCUT2D eigenvalue weighted by Crippen LogP contribution is 2.39. The second-order valence-electron chi connectivity index (χ2n) is 7.94. The largest absolute Gasteiger partial charge is 0.507 e. The van der Waals surface area contributed by atoms with Crippen LogP contribution in [0.25, 0.3) is 5.76 Å². The monoisotopic (exact) mass is 436 g/mol. The molecule has 7 nitrogen and oxygen atoms in total. The number of Topliss-reactive ketones (excluding diaryl/α,β-unsaturated/α-hetero) is 1. The average Bonchev–Trinajstić information content (AvgIpc) is 3.10. The van der Waals surface area contributed by atoms with Crippen LogP contribution in [0.5, 0.6) is 5.75 Å². The summed E-state index contributed by atoms with van der Waals surface area (Å²) in [5.41, 5.74) is 1.39. The van der Waals surface area contributed by atoms with Crippen molar-refractivity contribution >= 4 is 17.4 Å². The van der Waals surface area contributed by atoms with E-state index in [0.29, 0.717) is 17.9 Å². The predicted octanol–water partition coefficient (Wildman–Crippen LogP) is 2.84. The van der Waals surface area contributed by atoms with Gasteiger partial charge in [0.05, 0.1) is 31.9 Å². The number of hydrogen-bond donors (Lipinski definition) is 1. The minimum absolute atomic E-state index is 0.123. The number of aliphatic hydroxyl groups excluding tert-OH is 1. The molecule has 0 aliphatic carbocycles. The van der Waals surface area contributed by atoms with Crippen LogP contribution in [0, 0.1) is 0 Å². The fourth-order valence-corrected chi connectivity index (χ4v) is 4.29. The minimum Gasteiger partial charge on any atom is -0.507 e. The summed E-state index contributed by atoms with van der Waals surface area (Å²) in [5, 5.41) is 11.1. The van der Waals surface area contributed by atoms with Crippen LogP contribution in [-0.2, 0) is 14.3 Å². The number of amides is 1. The summed E-state index contributed by atoms with van der Waals surface area (Å²) >= 11 is 0. The van der Waals surface area contributed by atoms with E-state index in [4.69, 9.17) is 9.47 Å². The van der Waals surface area contributed by atoms with Crippen LogP contribution in [-0.4, -0.2) is 73.1 Å². The molecule has 2 saturated heterocycles. The van der Waals surface area contributed by atoms with E-state index in [2.05, 4.69) is 4.90 Å². The second-order valence-corrected chi connectivity index (χ2v) is 7.94. The predicted molar refractivity (Wildman–Crippen MR) is 120 cm³/mol. The Hall–Kier alpha value is -3.16. The molecule has 32 heavy (non-hydrogen) atoms. The zero-order valence-electron chi connectivity index (χ0n) is 18.2. The fourth-order valence-electron chi connectivity index (χ4n) is 4.29. The summed E-state index contributed by atoms with van der Waals surface area (Å²) in [6.45, 7) is 4.44. The molecule has 2 fully saturated rings. The Kier molecular flexibility index (Phi) is 6.87. The number of rotatable bonds is 7. The lowest BCUT2D eigenvalue weighted by atomic mass is 9.95. The first-order valence-electron chi connectivity index (χ1n) is 10.9. The first-order valence-corrected chi connectivity index (χ1v) is 10.9. The van der Waals surface area contributed by atoms with Gasteiger partial charge in [0.2, 0.25) is 0 Å². The maximum Gasteiger partial charge on any atom is 0.295 e. The Morgan fingerprint density at radius 1 is 1.03 bits per heavy atom. The fraction of sp³-hybridized carbons (Fsp3) is 0.360. The lowest BCUT2D eigenvalue weighted by Crippen LogP contribution is -2.38. The first-order chi connectivity index (χ1) is 15.6. The molecule has 0 unspecified atom stereocenters. The molecule has 0 radical (unpaired) electrons. The van der Waals surface area contributed by atoms with E-state index >= 15 is 0 Å². The maximum atomic E-state index is 13.0. The van der Waals surface area contributed by atoms with Crippen molar-refractivity contribution in [3.8, 4) is 5.75 Å². The number of morpholine rings is 1. The number of likely N-dealkylation sites (tertiary alicyclic amines) is 1. The van der Waals surface area contributed by atoms with Gasteiger partial charge in [-0.1, -0.05) is 30.3 Å². The molecule has 0 saturated carbocycles. The van der Waals surface area contributed by atoms with E-state index in [1.165, 1.54) is 0 Å². The van der Waals surface area contributed by atoms with Gasteiger partial charge >= 0.3 is 0 Å². The number of methoxy groups -OCH3 is 1. The molecular formula is C25H28N2O5. The number of aliphatic hydroxyl groups is 1. The molecule has 1 N–H and O–H groups in total. The van der Waals surface area contributed by atoms with Crippen LogP contribution in [0.4, 0.5) is 0 Å². The third-order valence-corrected chi connectivity index (χ3v) is 6.00. The summed E-state index contributed by atoms with van der Waals surface area (Å²) < 4.78 is 10.6. The molecule has 2 aliphatic rings. The third kappa shape index (κ3) is 4.54. The van der Waals surface area contributed by atoms with Crippen molar-refractivity contribution in [2.45, 2.75) is 12.5 Å². The number of carbonyl (C=O) groups excluding carboxylic acids is 2. The van der Waals surface area contributed by atoms with Crippen molar-refractivity contribution in [2.24, 2.45) is 0 Å². The van der Waals surface area contributed by atoms with Crippen LogP contribution in [0.1, 0.15) is 23.6 Å². The lowest BCUT2D eigenvalue weighted by Gasteiger charge is -2.29. The van der Waals surface area contributed by atoms with E-state index < -0.39 is 17.7 Å². The van der Waals surface area contributed by atoms with Gasteiger partial charge in [0, 0.05) is 31.7 Å². The zero-order valence-corrected chi connectivity index (χ0v) is 18.2. The lowest BCUT2D eigenvalue weighted by molar-refractivity contribution is -0.140. The Morgan fingerprint density at radius 3 is 2.38 bits per heavy atom. The highest BCUT2D eigenvalue weighted by atomic mass is 16.5. The van der Waals surface area contributed by atoms with Crippen molar-refractivity contribution in [1.29, 1.82) is 0 Å². The van der Waals surface area contributed by atoms with Gasteiger partial charge in [-0.2, -0.15) is 0 Å². The van der Waals surface area contributed by atoms with Crippen LogP contribution in [0.15, 0.2) is 60.2 Å². The van der Waals surface area contributed by atoms with Gasteiger partial charge in [0.25, 0.3) is 11.7 Å². The zero-order chi connectivity index (χ0) is 22.5. The molecule has 2 aromatic carbocycles. The Balaban J connectivity index is 1.64. The van der Waals surface area contributed by atoms with Crippen LogP contribution in [0.3, 0.4) is 0 Å². The topological polar surface area (TPSA) is 79.3 Å². The Labute approximate surface area is 187 Å². The molecule has 4 rings (SSSR count). The van der Waals surface area contributed by atoms with Gasteiger partial charge in [-0.05, 0) is 36.2 Å². The summed E-state index contributed by atoms with van der Waals surface area (Å²) in [4.78, 5) is 29.9. The highest BCUT2D eigenvalue weighted by Gasteiger charge is 2.45. The summed E-state index contributed by atoms with van der Waals surface area (Å²) in [6.07, 6.45) is 0.735. The first kappa shape index (κ1) is 22.0. The smallest absolute Gasteiger partial charge is 0.295 e. The molecule has 0 bridgehead atoms. The third-order valence-electron chi connectivity index (χ3n) is 6.00. The maximum absolute atomic E-state index is 13.0. The van der Waals surface area contributed by atoms with E-state index in [-0.39, 0.29) is 11.3 Å². The van der Waals surface area contributed by atoms with Crippen molar-refractivity contribution in [1.82, 2.24) is 9.80 Å². The number of hydrogen-bond acceptors (Lipinski definition) is 6. The van der Waals surface area contributed by atoms with Gasteiger partial charge in [-0.25, -0.2) is 0 Å². The number of benzene rings is 2. The molecule has 2 aliphatic heterocycles. The van der Waals surface area contributed by atoms with Crippen LogP contribution >= 0.6 is 0 Å². The van der Waals surface area contributed by atoms with E-state index in [9.17, 15) is 14.7 Å². The normalized spacial score (nSPS) is 21.2. The Bertz CT molecular complexity index is 981. The molecule has 2 aromatic rings. The Morgan fingerprint density at radius 2 is 1.72 bits per heavy atom. The second kappa shape index (κ2) is 9.97. The van der Waals surface area contributed by atoms with Crippen LogP contribution < -0.4 is 4.74 Å². The molecule has 0 spiro atoms.